The summed E-state index contributed by atoms with van der Waals surface area (Å²) in [6.45, 7) is 0. The largest absolute Gasteiger partial charge is 0.497 e. The highest BCUT2D eigenvalue weighted by Crippen LogP contribution is 2.38. The molecule has 0 bridgehead atoms. The summed E-state index contributed by atoms with van der Waals surface area (Å²) in [5, 5.41) is 3.26. The number of rotatable bonds is 4. The van der Waals surface area contributed by atoms with Crippen LogP contribution in [0.4, 0.5) is 11.4 Å². The van der Waals surface area contributed by atoms with E-state index in [9.17, 15) is 9.59 Å². The van der Waals surface area contributed by atoms with E-state index in [2.05, 4.69) is 41.7 Å². The number of nitrogens with one attached hydrogen (secondary N) is 1. The molecule has 1 heterocycles. The highest BCUT2D eigenvalue weighted by Gasteiger charge is 2.39. The number of methoxy groups -OCH3 is 1. The van der Waals surface area contributed by atoms with Gasteiger partial charge in [-0.05, 0) is 65.1 Å². The van der Waals surface area contributed by atoms with Crippen LogP contribution in [0, 0.1) is 0 Å². The second kappa shape index (κ2) is 6.78. The van der Waals surface area contributed by atoms with E-state index in [0.29, 0.717) is 11.4 Å². The van der Waals surface area contributed by atoms with Crippen molar-refractivity contribution in [3.8, 4) is 16.9 Å². The number of anilines is 2. The fraction of sp³-hybridized carbons (Fsp3) is 0.167. The molecular weight excluding hydrogens is 364 g/mol. The predicted molar refractivity (Wildman–Crippen MR) is 112 cm³/mol. The van der Waals surface area contributed by atoms with Crippen LogP contribution >= 0.6 is 0 Å². The first-order valence-corrected chi connectivity index (χ1v) is 9.62. The van der Waals surface area contributed by atoms with Crippen molar-refractivity contribution in [2.75, 3.05) is 17.3 Å². The molecule has 5 heteroatoms. The molecule has 0 saturated carbocycles. The molecule has 0 radical (unpaired) electrons. The smallest absolute Gasteiger partial charge is 0.256 e. The molecule has 1 atom stereocenters. The lowest BCUT2D eigenvalue weighted by atomic mass is 10.1. The van der Waals surface area contributed by atoms with Crippen LogP contribution < -0.4 is 15.0 Å². The second-order valence-corrected chi connectivity index (χ2v) is 7.37. The number of nitrogens with zero attached hydrogens (tertiary/aromatic N) is 1. The predicted octanol–water partition coefficient (Wildman–Crippen LogP) is 4.01. The molecule has 5 rings (SSSR count). The molecule has 3 aromatic carbocycles. The molecule has 2 aliphatic rings. The van der Waals surface area contributed by atoms with Gasteiger partial charge in [0.05, 0.1) is 19.2 Å². The highest BCUT2D eigenvalue weighted by molar-refractivity contribution is 6.23. The van der Waals surface area contributed by atoms with Crippen molar-refractivity contribution in [2.24, 2.45) is 0 Å². The standard InChI is InChI=1S/C24H20N2O3/c1-29-19-9-7-18(8-10-19)26-23(27)14-22(24(26)28)25-17-6-11-21-16(13-17)12-15-4-2-3-5-20(15)21/h2-11,13,22,25H,12,14H2,1H3. The molecule has 1 fully saturated rings. The summed E-state index contributed by atoms with van der Waals surface area (Å²) in [4.78, 5) is 26.7. The lowest BCUT2D eigenvalue weighted by Crippen LogP contribution is -2.34. The first-order valence-electron chi connectivity index (χ1n) is 9.62. The van der Waals surface area contributed by atoms with E-state index < -0.39 is 6.04 Å². The number of carbonyl (C=O) groups is 2. The topological polar surface area (TPSA) is 58.6 Å². The van der Waals surface area contributed by atoms with Crippen molar-refractivity contribution in [3.05, 3.63) is 77.9 Å². The molecule has 1 N–H and O–H groups in total. The van der Waals surface area contributed by atoms with Crippen molar-refractivity contribution >= 4 is 23.2 Å². The Morgan fingerprint density at radius 1 is 0.931 bits per heavy atom. The normalized spacial score (nSPS) is 17.3. The van der Waals surface area contributed by atoms with Gasteiger partial charge in [0.2, 0.25) is 5.91 Å². The number of imide groups is 1. The van der Waals surface area contributed by atoms with Crippen LogP contribution in [0.25, 0.3) is 11.1 Å². The fourth-order valence-electron chi connectivity index (χ4n) is 4.18. The third kappa shape index (κ3) is 2.95. The van der Waals surface area contributed by atoms with Gasteiger partial charge in [0.15, 0.2) is 0 Å². The van der Waals surface area contributed by atoms with E-state index in [-0.39, 0.29) is 18.2 Å². The molecule has 2 amide bonds. The van der Waals surface area contributed by atoms with Crippen LogP contribution in [-0.4, -0.2) is 25.0 Å². The van der Waals surface area contributed by atoms with Crippen molar-refractivity contribution in [1.82, 2.24) is 0 Å². The zero-order chi connectivity index (χ0) is 20.0. The monoisotopic (exact) mass is 384 g/mol. The van der Waals surface area contributed by atoms with Crippen molar-refractivity contribution in [3.63, 3.8) is 0 Å². The van der Waals surface area contributed by atoms with E-state index in [4.69, 9.17) is 4.74 Å². The molecule has 1 unspecified atom stereocenters. The molecule has 1 saturated heterocycles. The average Bonchev–Trinajstić information content (AvgIpc) is 3.24. The van der Waals surface area contributed by atoms with Crippen molar-refractivity contribution in [2.45, 2.75) is 18.9 Å². The van der Waals surface area contributed by atoms with Gasteiger partial charge in [-0.3, -0.25) is 9.59 Å². The number of hydrogen-bond acceptors (Lipinski definition) is 4. The summed E-state index contributed by atoms with van der Waals surface area (Å²) in [6, 6.07) is 20.9. The van der Waals surface area contributed by atoms with Crippen LogP contribution in [0.5, 0.6) is 5.75 Å². The Labute approximate surface area is 168 Å². The summed E-state index contributed by atoms with van der Waals surface area (Å²) in [5.41, 5.74) is 6.48. The lowest BCUT2D eigenvalue weighted by Gasteiger charge is -2.17. The van der Waals surface area contributed by atoms with Gasteiger partial charge in [0.25, 0.3) is 5.91 Å². The van der Waals surface area contributed by atoms with Crippen LogP contribution in [0.2, 0.25) is 0 Å². The second-order valence-electron chi connectivity index (χ2n) is 7.37. The third-order valence-corrected chi connectivity index (χ3v) is 5.61. The molecule has 1 aliphatic carbocycles. The number of benzene rings is 3. The maximum atomic E-state index is 12.9. The zero-order valence-electron chi connectivity index (χ0n) is 16.0. The molecule has 0 aromatic heterocycles. The van der Waals surface area contributed by atoms with E-state index in [1.807, 2.05) is 6.07 Å². The molecule has 1 aliphatic heterocycles. The lowest BCUT2D eigenvalue weighted by molar-refractivity contribution is -0.121. The van der Waals surface area contributed by atoms with Gasteiger partial charge in [0.1, 0.15) is 11.8 Å². The molecule has 3 aromatic rings. The van der Waals surface area contributed by atoms with Gasteiger partial charge >= 0.3 is 0 Å². The molecular formula is C24H20N2O3. The minimum Gasteiger partial charge on any atom is -0.497 e. The van der Waals surface area contributed by atoms with Gasteiger partial charge in [-0.25, -0.2) is 4.90 Å². The SMILES string of the molecule is COc1ccc(N2C(=O)CC(Nc3ccc4c(c3)Cc3ccccc3-4)C2=O)cc1. The quantitative estimate of drug-likeness (QED) is 0.540. The summed E-state index contributed by atoms with van der Waals surface area (Å²) < 4.78 is 5.14. The average molecular weight is 384 g/mol. The zero-order valence-corrected chi connectivity index (χ0v) is 16.0. The minimum absolute atomic E-state index is 0.141. The fourth-order valence-corrected chi connectivity index (χ4v) is 4.18. The summed E-state index contributed by atoms with van der Waals surface area (Å²) in [7, 11) is 1.58. The number of ether oxygens (including phenoxy) is 1. The maximum Gasteiger partial charge on any atom is 0.256 e. The summed E-state index contributed by atoms with van der Waals surface area (Å²) in [6.07, 6.45) is 1.03. The third-order valence-electron chi connectivity index (χ3n) is 5.61. The Morgan fingerprint density at radius 3 is 2.48 bits per heavy atom. The number of amides is 2. The molecule has 144 valence electrons. The van der Waals surface area contributed by atoms with Gasteiger partial charge in [-0.2, -0.15) is 0 Å². The Bertz CT molecular complexity index is 1120. The first kappa shape index (κ1) is 17.5. The van der Waals surface area contributed by atoms with Gasteiger partial charge in [-0.1, -0.05) is 30.3 Å². The van der Waals surface area contributed by atoms with Crippen molar-refractivity contribution in [1.29, 1.82) is 0 Å². The Balaban J connectivity index is 1.36. The van der Waals surface area contributed by atoms with E-state index >= 15 is 0 Å². The van der Waals surface area contributed by atoms with E-state index in [1.54, 1.807) is 31.4 Å². The highest BCUT2D eigenvalue weighted by atomic mass is 16.5. The molecule has 5 nitrogen and oxygen atoms in total. The maximum absolute atomic E-state index is 12.9. The Hall–Kier alpha value is -3.60. The van der Waals surface area contributed by atoms with Crippen LogP contribution in [0.1, 0.15) is 17.5 Å². The Kier molecular flexibility index (Phi) is 4.09. The number of hydrogen-bond donors (Lipinski definition) is 1. The first-order chi connectivity index (χ1) is 14.1. The number of fused-ring (bicyclic) bond motifs is 3. The van der Waals surface area contributed by atoms with Crippen LogP contribution in [0.3, 0.4) is 0 Å². The van der Waals surface area contributed by atoms with Gasteiger partial charge in [0, 0.05) is 5.69 Å². The van der Waals surface area contributed by atoms with E-state index in [0.717, 1.165) is 12.1 Å². The Morgan fingerprint density at radius 2 is 1.69 bits per heavy atom. The van der Waals surface area contributed by atoms with Gasteiger partial charge in [-0.15, -0.1) is 0 Å². The van der Waals surface area contributed by atoms with Gasteiger partial charge < -0.3 is 10.1 Å². The number of carbonyl (C=O) groups excluding carboxylic acids is 2. The summed E-state index contributed by atoms with van der Waals surface area (Å²) >= 11 is 0. The van der Waals surface area contributed by atoms with E-state index in [1.165, 1.54) is 27.2 Å². The molecule has 29 heavy (non-hydrogen) atoms. The molecule has 0 spiro atoms. The van der Waals surface area contributed by atoms with Crippen LogP contribution in [-0.2, 0) is 16.0 Å². The van der Waals surface area contributed by atoms with Crippen molar-refractivity contribution < 1.29 is 14.3 Å². The minimum atomic E-state index is -0.563. The summed E-state index contributed by atoms with van der Waals surface area (Å²) in [5.74, 6) is 0.247. The van der Waals surface area contributed by atoms with Crippen LogP contribution in [0.15, 0.2) is 66.7 Å².